The van der Waals surface area contributed by atoms with Gasteiger partial charge in [-0.25, -0.2) is 9.18 Å². The smallest absolute Gasteiger partial charge is 0.323 e. The van der Waals surface area contributed by atoms with Crippen LogP contribution in [0.1, 0.15) is 36.2 Å². The van der Waals surface area contributed by atoms with Crippen molar-refractivity contribution in [1.29, 1.82) is 0 Å². The Morgan fingerprint density at radius 3 is 2.41 bits per heavy atom. The molecule has 0 aliphatic rings. The van der Waals surface area contributed by atoms with Gasteiger partial charge in [-0.05, 0) is 48.9 Å². The van der Waals surface area contributed by atoms with E-state index in [0.29, 0.717) is 10.7 Å². The molecule has 0 heterocycles. The van der Waals surface area contributed by atoms with Crippen molar-refractivity contribution in [3.8, 4) is 0 Å². The normalized spacial score (nSPS) is 11.0. The van der Waals surface area contributed by atoms with Crippen LogP contribution in [0.15, 0.2) is 36.4 Å². The van der Waals surface area contributed by atoms with E-state index in [0.717, 1.165) is 11.6 Å². The number of nitrogens with one attached hydrogen (secondary N) is 2. The third kappa shape index (κ3) is 5.77. The molecule has 0 spiro atoms. The molecule has 0 bridgehead atoms. The molecule has 0 aliphatic heterocycles. The molecule has 8 heteroatoms. The summed E-state index contributed by atoms with van der Waals surface area (Å²) < 4.78 is 18.9. The first-order valence-corrected chi connectivity index (χ1v) is 9.16. The zero-order chi connectivity index (χ0) is 21.8. The van der Waals surface area contributed by atoms with Crippen LogP contribution in [0.3, 0.4) is 0 Å². The fourth-order valence-corrected chi connectivity index (χ4v) is 2.93. The van der Waals surface area contributed by atoms with Crippen LogP contribution in [0.2, 0.25) is 5.02 Å². The van der Waals surface area contributed by atoms with Gasteiger partial charge in [0, 0.05) is 21.8 Å². The number of anilines is 2. The Morgan fingerprint density at radius 2 is 1.79 bits per heavy atom. The highest BCUT2D eigenvalue weighted by Gasteiger charge is 2.33. The summed E-state index contributed by atoms with van der Waals surface area (Å²) in [6.45, 7) is 4.85. The minimum Gasteiger partial charge on any atom is -0.469 e. The topological polar surface area (TPSA) is 84.5 Å². The highest BCUT2D eigenvalue weighted by molar-refractivity contribution is 6.30. The fraction of sp³-hybridized carbons (Fsp3) is 0.286. The van der Waals surface area contributed by atoms with Crippen LogP contribution in [0, 0.1) is 18.2 Å². The van der Waals surface area contributed by atoms with Crippen LogP contribution in [-0.4, -0.2) is 24.9 Å². The second kappa shape index (κ2) is 9.05. The number of benzene rings is 2. The molecule has 29 heavy (non-hydrogen) atoms. The lowest BCUT2D eigenvalue weighted by molar-refractivity contribution is -0.142. The van der Waals surface area contributed by atoms with Gasteiger partial charge in [0.15, 0.2) is 5.78 Å². The van der Waals surface area contributed by atoms with Crippen molar-refractivity contribution in [2.45, 2.75) is 27.2 Å². The molecular weight excluding hydrogens is 399 g/mol. The second-order valence-corrected chi connectivity index (χ2v) is 7.64. The van der Waals surface area contributed by atoms with Gasteiger partial charge in [-0.3, -0.25) is 9.59 Å². The number of Topliss-reactive ketones (excluding diaryl/α,β-unsaturated/α-hetero) is 1. The summed E-state index contributed by atoms with van der Waals surface area (Å²) in [5.74, 6) is -1.89. The lowest BCUT2D eigenvalue weighted by Crippen LogP contribution is -2.29. The standard InChI is InChI=1S/C21H22ClFN2O4/c1-12-9-13(22)5-8-17(12)25-20(28)24-14-6-7-16(23)15(10-14)19(27)21(2,3)11-18(26)29-4/h5-10H,11H2,1-4H3,(H2,24,25,28). The van der Waals surface area contributed by atoms with E-state index in [1.54, 1.807) is 25.1 Å². The Hall–Kier alpha value is -2.93. The van der Waals surface area contributed by atoms with E-state index in [1.807, 2.05) is 0 Å². The molecule has 2 aromatic carbocycles. The number of urea groups is 1. The van der Waals surface area contributed by atoms with Crippen molar-refractivity contribution in [1.82, 2.24) is 0 Å². The number of aryl methyl sites for hydroxylation is 1. The van der Waals surface area contributed by atoms with Gasteiger partial charge in [0.1, 0.15) is 5.82 Å². The predicted molar refractivity (Wildman–Crippen MR) is 110 cm³/mol. The van der Waals surface area contributed by atoms with Crippen molar-refractivity contribution in [2.24, 2.45) is 5.41 Å². The SMILES string of the molecule is COC(=O)CC(C)(C)C(=O)c1cc(NC(=O)Nc2ccc(Cl)cc2C)ccc1F. The monoisotopic (exact) mass is 420 g/mol. The lowest BCUT2D eigenvalue weighted by atomic mass is 9.81. The molecule has 154 valence electrons. The van der Waals surface area contributed by atoms with Crippen LogP contribution < -0.4 is 10.6 Å². The van der Waals surface area contributed by atoms with Crippen molar-refractivity contribution >= 4 is 40.8 Å². The number of halogens is 2. The van der Waals surface area contributed by atoms with E-state index in [2.05, 4.69) is 15.4 Å². The molecule has 0 radical (unpaired) electrons. The maximum Gasteiger partial charge on any atom is 0.323 e. The van der Waals surface area contributed by atoms with E-state index in [9.17, 15) is 18.8 Å². The molecule has 2 amide bonds. The molecule has 0 saturated heterocycles. The Bertz CT molecular complexity index is 960. The summed E-state index contributed by atoms with van der Waals surface area (Å²) in [6, 6.07) is 8.11. The average molecular weight is 421 g/mol. The Morgan fingerprint density at radius 1 is 1.10 bits per heavy atom. The van der Waals surface area contributed by atoms with Gasteiger partial charge in [-0.1, -0.05) is 25.4 Å². The van der Waals surface area contributed by atoms with Crippen molar-refractivity contribution in [3.05, 3.63) is 58.4 Å². The Balaban J connectivity index is 2.18. The number of carbonyl (C=O) groups is 3. The van der Waals surface area contributed by atoms with E-state index in [-0.39, 0.29) is 17.7 Å². The van der Waals surface area contributed by atoms with E-state index in [4.69, 9.17) is 11.6 Å². The molecule has 2 rings (SSSR count). The molecule has 0 saturated carbocycles. The molecule has 0 aliphatic carbocycles. The second-order valence-electron chi connectivity index (χ2n) is 7.20. The Kier molecular flexibility index (Phi) is 6.97. The van der Waals surface area contributed by atoms with Gasteiger partial charge in [-0.2, -0.15) is 0 Å². The number of esters is 1. The minimum absolute atomic E-state index is 0.199. The van der Waals surface area contributed by atoms with Gasteiger partial charge in [0.2, 0.25) is 0 Å². The maximum absolute atomic E-state index is 14.3. The first-order valence-electron chi connectivity index (χ1n) is 8.79. The van der Waals surface area contributed by atoms with Gasteiger partial charge in [0.25, 0.3) is 0 Å². The van der Waals surface area contributed by atoms with Gasteiger partial charge in [-0.15, -0.1) is 0 Å². The van der Waals surface area contributed by atoms with Crippen LogP contribution in [0.25, 0.3) is 0 Å². The van der Waals surface area contributed by atoms with E-state index < -0.39 is 29.0 Å². The van der Waals surface area contributed by atoms with Crippen molar-refractivity contribution in [3.63, 3.8) is 0 Å². The first-order chi connectivity index (χ1) is 13.5. The molecule has 0 unspecified atom stereocenters. The minimum atomic E-state index is -1.17. The third-order valence-corrected chi connectivity index (χ3v) is 4.57. The molecule has 2 N–H and O–H groups in total. The average Bonchev–Trinajstić information content (AvgIpc) is 2.64. The number of hydrogen-bond acceptors (Lipinski definition) is 4. The summed E-state index contributed by atoms with van der Waals surface area (Å²) in [5, 5.41) is 5.78. The lowest BCUT2D eigenvalue weighted by Gasteiger charge is -2.22. The molecule has 0 aromatic heterocycles. The van der Waals surface area contributed by atoms with Crippen LogP contribution >= 0.6 is 11.6 Å². The summed E-state index contributed by atoms with van der Waals surface area (Å²) in [4.78, 5) is 36.6. The third-order valence-electron chi connectivity index (χ3n) is 4.33. The zero-order valence-electron chi connectivity index (χ0n) is 16.6. The summed E-state index contributed by atoms with van der Waals surface area (Å²) in [7, 11) is 1.22. The van der Waals surface area contributed by atoms with Crippen LogP contribution in [-0.2, 0) is 9.53 Å². The molecule has 2 aromatic rings. The number of hydrogen-bond donors (Lipinski definition) is 2. The van der Waals surface area contributed by atoms with Gasteiger partial charge < -0.3 is 15.4 Å². The highest BCUT2D eigenvalue weighted by Crippen LogP contribution is 2.29. The number of carbonyl (C=O) groups excluding carboxylic acids is 3. The summed E-state index contributed by atoms with van der Waals surface area (Å²) in [6.07, 6.45) is -0.199. The highest BCUT2D eigenvalue weighted by atomic mass is 35.5. The maximum atomic E-state index is 14.3. The fourth-order valence-electron chi connectivity index (χ4n) is 2.71. The van der Waals surface area contributed by atoms with Crippen LogP contribution in [0.4, 0.5) is 20.6 Å². The van der Waals surface area contributed by atoms with Crippen molar-refractivity contribution < 1.29 is 23.5 Å². The predicted octanol–water partition coefficient (Wildman–Crippen LogP) is 5.20. The summed E-state index contributed by atoms with van der Waals surface area (Å²) >= 11 is 5.90. The molecular formula is C21H22ClFN2O4. The van der Waals surface area contributed by atoms with Crippen molar-refractivity contribution in [2.75, 3.05) is 17.7 Å². The number of rotatable bonds is 6. The summed E-state index contributed by atoms with van der Waals surface area (Å²) in [5.41, 5.74) is 0.165. The van der Waals surface area contributed by atoms with Crippen LogP contribution in [0.5, 0.6) is 0 Å². The van der Waals surface area contributed by atoms with E-state index in [1.165, 1.54) is 33.1 Å². The number of ketones is 1. The van der Waals surface area contributed by atoms with Gasteiger partial charge >= 0.3 is 12.0 Å². The Labute approximate surface area is 173 Å². The zero-order valence-corrected chi connectivity index (χ0v) is 17.3. The molecule has 0 fully saturated rings. The molecule has 6 nitrogen and oxygen atoms in total. The largest absolute Gasteiger partial charge is 0.469 e. The molecule has 0 atom stereocenters. The van der Waals surface area contributed by atoms with E-state index >= 15 is 0 Å². The van der Waals surface area contributed by atoms with Gasteiger partial charge in [0.05, 0.1) is 19.1 Å². The number of amides is 2. The first kappa shape index (κ1) is 22.4. The number of ether oxygens (including phenoxy) is 1. The quantitative estimate of drug-likeness (QED) is 0.496. The number of methoxy groups -OCH3 is 1.